The van der Waals surface area contributed by atoms with E-state index in [1.54, 1.807) is 30.3 Å². The quantitative estimate of drug-likeness (QED) is 0.575. The topological polar surface area (TPSA) is 40.6 Å². The van der Waals surface area contributed by atoms with Crippen molar-refractivity contribution in [1.82, 2.24) is 9.80 Å². The molecule has 31 heavy (non-hydrogen) atoms. The molecule has 4 rings (SSSR count). The van der Waals surface area contributed by atoms with Crippen molar-refractivity contribution in [3.8, 4) is 11.1 Å². The molecule has 1 aliphatic heterocycles. The van der Waals surface area contributed by atoms with Crippen molar-refractivity contribution in [1.29, 1.82) is 0 Å². The zero-order chi connectivity index (χ0) is 21.8. The minimum atomic E-state index is -0.580. The number of hydrogen-bond acceptors (Lipinski definition) is 3. The van der Waals surface area contributed by atoms with Crippen molar-refractivity contribution in [3.05, 3.63) is 82.6 Å². The van der Waals surface area contributed by atoms with Gasteiger partial charge in [0, 0.05) is 27.2 Å². The van der Waals surface area contributed by atoms with E-state index in [-0.39, 0.29) is 11.8 Å². The lowest BCUT2D eigenvalue weighted by atomic mass is 9.79. The minimum absolute atomic E-state index is 0.100. The van der Waals surface area contributed by atoms with E-state index in [1.165, 1.54) is 0 Å². The van der Waals surface area contributed by atoms with E-state index in [9.17, 15) is 9.59 Å². The van der Waals surface area contributed by atoms with Crippen LogP contribution in [0.15, 0.2) is 71.4 Å². The molecule has 3 aromatic rings. The van der Waals surface area contributed by atoms with E-state index >= 15 is 0 Å². The van der Waals surface area contributed by atoms with E-state index in [2.05, 4.69) is 36.4 Å². The van der Waals surface area contributed by atoms with Crippen LogP contribution in [0.3, 0.4) is 0 Å². The van der Waals surface area contributed by atoms with Crippen LogP contribution in [-0.2, 0) is 22.4 Å². The zero-order valence-electron chi connectivity index (χ0n) is 18.1. The summed E-state index contributed by atoms with van der Waals surface area (Å²) in [4.78, 5) is 29.7. The highest BCUT2D eigenvalue weighted by Crippen LogP contribution is 2.37. The van der Waals surface area contributed by atoms with Crippen LogP contribution in [0.4, 0.5) is 0 Å². The highest BCUT2D eigenvalue weighted by Gasteiger charge is 2.46. The molecule has 2 heterocycles. The number of hydrogen-bond donors (Lipinski definition) is 0. The SMILES string of the molecule is CN(C)C(=O)[C@]1(Cc2cccc(-c3ccccc3)c2)CCN(C(=O)Cc2ccsc2)C1. The standard InChI is InChI=1S/C26H28N2O2S/c1-27(2)25(30)26(12-13-28(19-26)24(29)16-21-11-14-31-18-21)17-20-7-6-10-23(15-20)22-8-4-3-5-9-22/h3-11,14-15,18H,12-13,16-17,19H2,1-2H3/t26-/m0/s1. The van der Waals surface area contributed by atoms with Gasteiger partial charge in [0.2, 0.25) is 11.8 Å². The van der Waals surface area contributed by atoms with Gasteiger partial charge >= 0.3 is 0 Å². The maximum absolute atomic E-state index is 13.3. The number of likely N-dealkylation sites (tertiary alicyclic amines) is 1. The second-order valence-electron chi connectivity index (χ2n) is 8.60. The Hall–Kier alpha value is -2.92. The largest absolute Gasteiger partial charge is 0.348 e. The van der Waals surface area contributed by atoms with Gasteiger partial charge < -0.3 is 9.80 Å². The fourth-order valence-electron chi connectivity index (χ4n) is 4.52. The normalized spacial score (nSPS) is 18.2. The molecule has 160 valence electrons. The molecule has 1 aromatic heterocycles. The van der Waals surface area contributed by atoms with Crippen molar-refractivity contribution >= 4 is 23.2 Å². The average Bonchev–Trinajstić information content (AvgIpc) is 3.45. The van der Waals surface area contributed by atoms with Crippen molar-refractivity contribution < 1.29 is 9.59 Å². The van der Waals surface area contributed by atoms with Crippen LogP contribution in [0.25, 0.3) is 11.1 Å². The van der Waals surface area contributed by atoms with Crippen molar-refractivity contribution in [2.45, 2.75) is 19.3 Å². The molecule has 5 heteroatoms. The summed E-state index contributed by atoms with van der Waals surface area (Å²) in [6, 6.07) is 20.7. The predicted octanol–water partition coefficient (Wildman–Crippen LogP) is 4.51. The third-order valence-corrected chi connectivity index (χ3v) is 6.81. The maximum Gasteiger partial charge on any atom is 0.230 e. The van der Waals surface area contributed by atoms with Gasteiger partial charge in [0.1, 0.15) is 0 Å². The summed E-state index contributed by atoms with van der Waals surface area (Å²) in [6.45, 7) is 1.10. The van der Waals surface area contributed by atoms with Gasteiger partial charge in [-0.15, -0.1) is 0 Å². The Morgan fingerprint density at radius 1 is 1.00 bits per heavy atom. The lowest BCUT2D eigenvalue weighted by Crippen LogP contribution is -2.44. The lowest BCUT2D eigenvalue weighted by molar-refractivity contribution is -0.139. The molecule has 0 radical (unpaired) electrons. The van der Waals surface area contributed by atoms with Gasteiger partial charge in [-0.25, -0.2) is 0 Å². The van der Waals surface area contributed by atoms with Crippen LogP contribution in [-0.4, -0.2) is 48.8 Å². The summed E-state index contributed by atoms with van der Waals surface area (Å²) < 4.78 is 0. The second kappa shape index (κ2) is 9.06. The summed E-state index contributed by atoms with van der Waals surface area (Å²) in [7, 11) is 3.61. The molecule has 0 unspecified atom stereocenters. The van der Waals surface area contributed by atoms with Crippen LogP contribution >= 0.6 is 11.3 Å². The molecule has 0 saturated carbocycles. The molecular formula is C26H28N2O2S. The monoisotopic (exact) mass is 432 g/mol. The molecule has 2 amide bonds. The van der Waals surface area contributed by atoms with Crippen LogP contribution in [0.1, 0.15) is 17.5 Å². The van der Waals surface area contributed by atoms with E-state index in [0.29, 0.717) is 32.4 Å². The Bertz CT molecular complexity index is 1050. The van der Waals surface area contributed by atoms with Gasteiger partial charge in [-0.05, 0) is 51.9 Å². The Labute approximate surface area is 188 Å². The molecule has 0 N–H and O–H groups in total. The smallest absolute Gasteiger partial charge is 0.230 e. The number of benzene rings is 2. The number of amides is 2. The third kappa shape index (κ3) is 4.72. The fourth-order valence-corrected chi connectivity index (χ4v) is 5.18. The second-order valence-corrected chi connectivity index (χ2v) is 9.38. The first-order valence-corrected chi connectivity index (χ1v) is 11.6. The van der Waals surface area contributed by atoms with E-state index in [0.717, 1.165) is 22.3 Å². The van der Waals surface area contributed by atoms with Gasteiger partial charge in [-0.2, -0.15) is 11.3 Å². The minimum Gasteiger partial charge on any atom is -0.348 e. The average molecular weight is 433 g/mol. The number of rotatable bonds is 6. The van der Waals surface area contributed by atoms with Crippen LogP contribution in [0.5, 0.6) is 0 Å². The number of carbonyl (C=O) groups excluding carboxylic acids is 2. The van der Waals surface area contributed by atoms with Crippen LogP contribution in [0.2, 0.25) is 0 Å². The van der Waals surface area contributed by atoms with Gasteiger partial charge in [-0.3, -0.25) is 9.59 Å². The Balaban J connectivity index is 1.56. The molecule has 1 aliphatic rings. The first-order valence-electron chi connectivity index (χ1n) is 10.6. The van der Waals surface area contributed by atoms with E-state index in [1.807, 2.05) is 39.9 Å². The highest BCUT2D eigenvalue weighted by atomic mass is 32.1. The summed E-state index contributed by atoms with van der Waals surface area (Å²) in [6.07, 6.45) is 1.72. The molecule has 0 aliphatic carbocycles. The summed E-state index contributed by atoms with van der Waals surface area (Å²) in [5.74, 6) is 0.202. The van der Waals surface area contributed by atoms with Crippen molar-refractivity contribution in [3.63, 3.8) is 0 Å². The molecule has 0 bridgehead atoms. The van der Waals surface area contributed by atoms with Gasteiger partial charge in [0.25, 0.3) is 0 Å². The Kier molecular flexibility index (Phi) is 6.23. The third-order valence-electron chi connectivity index (χ3n) is 6.08. The summed E-state index contributed by atoms with van der Waals surface area (Å²) >= 11 is 1.60. The molecule has 2 aromatic carbocycles. The molecule has 4 nitrogen and oxygen atoms in total. The maximum atomic E-state index is 13.3. The fraction of sp³-hybridized carbons (Fsp3) is 0.308. The van der Waals surface area contributed by atoms with Crippen molar-refractivity contribution in [2.75, 3.05) is 27.2 Å². The zero-order valence-corrected chi connectivity index (χ0v) is 18.9. The van der Waals surface area contributed by atoms with E-state index < -0.39 is 5.41 Å². The van der Waals surface area contributed by atoms with Crippen LogP contribution in [0, 0.1) is 5.41 Å². The molecule has 1 fully saturated rings. The number of carbonyl (C=O) groups is 2. The van der Waals surface area contributed by atoms with Gasteiger partial charge in [0.15, 0.2) is 0 Å². The molecule has 0 spiro atoms. The first kappa shape index (κ1) is 21.3. The highest BCUT2D eigenvalue weighted by molar-refractivity contribution is 7.08. The molecule has 1 saturated heterocycles. The summed E-state index contributed by atoms with van der Waals surface area (Å²) in [5, 5.41) is 4.01. The Morgan fingerprint density at radius 3 is 2.48 bits per heavy atom. The molecule has 1 atom stereocenters. The lowest BCUT2D eigenvalue weighted by Gasteiger charge is -2.31. The van der Waals surface area contributed by atoms with Crippen molar-refractivity contribution in [2.24, 2.45) is 5.41 Å². The van der Waals surface area contributed by atoms with Crippen LogP contribution < -0.4 is 0 Å². The predicted molar refractivity (Wildman–Crippen MR) is 126 cm³/mol. The first-order chi connectivity index (χ1) is 15.0. The Morgan fingerprint density at radius 2 is 1.77 bits per heavy atom. The van der Waals surface area contributed by atoms with Gasteiger partial charge in [-0.1, -0.05) is 54.6 Å². The van der Waals surface area contributed by atoms with Gasteiger partial charge in [0.05, 0.1) is 11.8 Å². The number of thiophene rings is 1. The molecular weight excluding hydrogens is 404 g/mol. The van der Waals surface area contributed by atoms with E-state index in [4.69, 9.17) is 0 Å². The number of nitrogens with zero attached hydrogens (tertiary/aromatic N) is 2. The summed E-state index contributed by atoms with van der Waals surface area (Å²) in [5.41, 5.74) is 3.90.